The van der Waals surface area contributed by atoms with E-state index in [4.69, 9.17) is 9.90 Å². The lowest BCUT2D eigenvalue weighted by atomic mass is 10.0. The number of rotatable bonds is 1. The summed E-state index contributed by atoms with van der Waals surface area (Å²) in [4.78, 5) is 8.36. The van der Waals surface area contributed by atoms with E-state index < -0.39 is 0 Å². The number of carbonyl (C=O) groups is 1. The zero-order valence-corrected chi connectivity index (χ0v) is 11.3. The van der Waals surface area contributed by atoms with Gasteiger partial charge in [0, 0.05) is 18.1 Å². The molecule has 1 heterocycles. The van der Waals surface area contributed by atoms with Crippen molar-refractivity contribution in [2.45, 2.75) is 59.0 Å². The second-order valence-corrected chi connectivity index (χ2v) is 4.54. The van der Waals surface area contributed by atoms with Gasteiger partial charge in [-0.05, 0) is 40.2 Å². The molecule has 0 aromatic rings. The number of hydrogen-bond donors (Lipinski definition) is 3. The molecule has 1 unspecified atom stereocenters. The summed E-state index contributed by atoms with van der Waals surface area (Å²) in [6, 6.07) is 0.684. The standard InChI is InChI=1S/C9H20N2.C2H6.CH2O2/c1-9(2,3)11-8-5-4-6-10-7-8;1-2;2-1-3/h8,10-11H,4-7H2,1-3H3;1-2H3;1H,(H,2,3). The molecule has 1 aliphatic heterocycles. The summed E-state index contributed by atoms with van der Waals surface area (Å²) < 4.78 is 0. The third-order valence-corrected chi connectivity index (χ3v) is 1.93. The molecule has 0 radical (unpaired) electrons. The van der Waals surface area contributed by atoms with Crippen molar-refractivity contribution < 1.29 is 9.90 Å². The lowest BCUT2D eigenvalue weighted by Gasteiger charge is -2.31. The topological polar surface area (TPSA) is 61.4 Å². The molecule has 16 heavy (non-hydrogen) atoms. The highest BCUT2D eigenvalue weighted by atomic mass is 16.3. The fraction of sp³-hybridized carbons (Fsp3) is 0.917. The van der Waals surface area contributed by atoms with E-state index >= 15 is 0 Å². The summed E-state index contributed by atoms with van der Waals surface area (Å²) in [7, 11) is 0. The van der Waals surface area contributed by atoms with Gasteiger partial charge in [0.1, 0.15) is 0 Å². The van der Waals surface area contributed by atoms with Gasteiger partial charge >= 0.3 is 0 Å². The average Bonchev–Trinajstić information content (AvgIpc) is 2.21. The van der Waals surface area contributed by atoms with Crippen LogP contribution in [0.25, 0.3) is 0 Å². The first-order valence-electron chi connectivity index (χ1n) is 6.06. The van der Waals surface area contributed by atoms with E-state index in [0.29, 0.717) is 6.04 Å². The van der Waals surface area contributed by atoms with Gasteiger partial charge in [-0.15, -0.1) is 0 Å². The first-order valence-corrected chi connectivity index (χ1v) is 6.06. The van der Waals surface area contributed by atoms with Crippen molar-refractivity contribution in [3.8, 4) is 0 Å². The van der Waals surface area contributed by atoms with Crippen LogP contribution in [0.4, 0.5) is 0 Å². The largest absolute Gasteiger partial charge is 0.483 e. The van der Waals surface area contributed by atoms with Crippen molar-refractivity contribution in [3.05, 3.63) is 0 Å². The first kappa shape index (κ1) is 17.8. The van der Waals surface area contributed by atoms with E-state index in [9.17, 15) is 0 Å². The van der Waals surface area contributed by atoms with E-state index in [2.05, 4.69) is 31.4 Å². The Morgan fingerprint density at radius 1 is 1.38 bits per heavy atom. The Labute approximate surface area is 99.8 Å². The van der Waals surface area contributed by atoms with Crippen LogP contribution in [0.3, 0.4) is 0 Å². The van der Waals surface area contributed by atoms with Crippen LogP contribution in [0, 0.1) is 0 Å². The van der Waals surface area contributed by atoms with Gasteiger partial charge < -0.3 is 15.7 Å². The minimum Gasteiger partial charge on any atom is -0.483 e. The van der Waals surface area contributed by atoms with Crippen LogP contribution in [0.15, 0.2) is 0 Å². The summed E-state index contributed by atoms with van der Waals surface area (Å²) in [6.45, 7) is 12.8. The van der Waals surface area contributed by atoms with Gasteiger partial charge in [-0.2, -0.15) is 0 Å². The van der Waals surface area contributed by atoms with Crippen molar-refractivity contribution in [1.29, 1.82) is 0 Å². The molecule has 0 aliphatic carbocycles. The molecular formula is C12H28N2O2. The molecular weight excluding hydrogens is 204 g/mol. The van der Waals surface area contributed by atoms with Crippen molar-refractivity contribution in [1.82, 2.24) is 10.6 Å². The van der Waals surface area contributed by atoms with Crippen LogP contribution in [0.1, 0.15) is 47.5 Å². The molecule has 0 saturated carbocycles. The zero-order valence-electron chi connectivity index (χ0n) is 11.3. The summed E-state index contributed by atoms with van der Waals surface area (Å²) in [5, 5.41) is 13.9. The maximum absolute atomic E-state index is 8.36. The normalized spacial score (nSPS) is 19.7. The summed E-state index contributed by atoms with van der Waals surface area (Å²) >= 11 is 0. The van der Waals surface area contributed by atoms with E-state index in [0.717, 1.165) is 6.54 Å². The average molecular weight is 232 g/mol. The number of carboxylic acid groups (broad SMARTS) is 1. The molecule has 1 saturated heterocycles. The maximum Gasteiger partial charge on any atom is 0.290 e. The molecule has 4 heteroatoms. The highest BCUT2D eigenvalue weighted by Crippen LogP contribution is 2.07. The predicted octanol–water partition coefficient (Wildman–Crippen LogP) is 1.85. The smallest absolute Gasteiger partial charge is 0.290 e. The minimum atomic E-state index is -0.250. The van der Waals surface area contributed by atoms with Gasteiger partial charge in [-0.3, -0.25) is 4.79 Å². The van der Waals surface area contributed by atoms with Crippen LogP contribution in [-0.2, 0) is 4.79 Å². The van der Waals surface area contributed by atoms with Gasteiger partial charge in [0.05, 0.1) is 0 Å². The van der Waals surface area contributed by atoms with Crippen LogP contribution in [0.2, 0.25) is 0 Å². The van der Waals surface area contributed by atoms with Gasteiger partial charge in [-0.25, -0.2) is 0 Å². The molecule has 1 atom stereocenters. The number of piperidine rings is 1. The number of hydrogen-bond acceptors (Lipinski definition) is 3. The molecule has 0 aromatic carbocycles. The van der Waals surface area contributed by atoms with E-state index in [1.54, 1.807) is 0 Å². The molecule has 1 rings (SSSR count). The Bertz CT molecular complexity index is 150. The van der Waals surface area contributed by atoms with Crippen LogP contribution >= 0.6 is 0 Å². The fourth-order valence-corrected chi connectivity index (χ4v) is 1.59. The van der Waals surface area contributed by atoms with Gasteiger partial charge in [0.15, 0.2) is 0 Å². The van der Waals surface area contributed by atoms with Crippen LogP contribution in [0.5, 0.6) is 0 Å². The molecule has 0 aromatic heterocycles. The predicted molar refractivity (Wildman–Crippen MR) is 68.8 cm³/mol. The number of nitrogens with one attached hydrogen (secondary N) is 2. The third kappa shape index (κ3) is 13.4. The molecule has 1 aliphatic rings. The summed E-state index contributed by atoms with van der Waals surface area (Å²) in [5.74, 6) is 0. The molecule has 4 nitrogen and oxygen atoms in total. The zero-order chi connectivity index (χ0) is 13.0. The fourth-order valence-electron chi connectivity index (χ4n) is 1.59. The minimum absolute atomic E-state index is 0.250. The Morgan fingerprint density at radius 2 is 1.88 bits per heavy atom. The second kappa shape index (κ2) is 10.9. The van der Waals surface area contributed by atoms with Crippen molar-refractivity contribution in [2.24, 2.45) is 0 Å². The lowest BCUT2D eigenvalue weighted by Crippen LogP contribution is -2.50. The van der Waals surface area contributed by atoms with Gasteiger partial charge in [-0.1, -0.05) is 13.8 Å². The van der Waals surface area contributed by atoms with Gasteiger partial charge in [0.2, 0.25) is 0 Å². The Hall–Kier alpha value is -0.610. The van der Waals surface area contributed by atoms with E-state index in [1.165, 1.54) is 19.4 Å². The third-order valence-electron chi connectivity index (χ3n) is 1.93. The highest BCUT2D eigenvalue weighted by Gasteiger charge is 2.18. The second-order valence-electron chi connectivity index (χ2n) is 4.54. The van der Waals surface area contributed by atoms with Crippen LogP contribution < -0.4 is 10.6 Å². The Balaban J connectivity index is 0. The Morgan fingerprint density at radius 3 is 2.19 bits per heavy atom. The summed E-state index contributed by atoms with van der Waals surface area (Å²) in [5.41, 5.74) is 0.268. The first-order chi connectivity index (χ1) is 7.49. The molecule has 3 N–H and O–H groups in total. The summed E-state index contributed by atoms with van der Waals surface area (Å²) in [6.07, 6.45) is 2.64. The molecule has 98 valence electrons. The SMILES string of the molecule is CC.CC(C)(C)NC1CCCNC1.O=CO. The van der Waals surface area contributed by atoms with Crippen LogP contribution in [-0.4, -0.2) is 36.2 Å². The highest BCUT2D eigenvalue weighted by molar-refractivity contribution is 5.32. The maximum atomic E-state index is 8.36. The molecule has 0 spiro atoms. The van der Waals surface area contributed by atoms with E-state index in [1.807, 2.05) is 13.8 Å². The van der Waals surface area contributed by atoms with E-state index in [-0.39, 0.29) is 12.0 Å². The van der Waals surface area contributed by atoms with Gasteiger partial charge in [0.25, 0.3) is 6.47 Å². The molecule has 0 amide bonds. The molecule has 1 fully saturated rings. The quantitative estimate of drug-likeness (QED) is 0.604. The lowest BCUT2D eigenvalue weighted by molar-refractivity contribution is -0.122. The monoisotopic (exact) mass is 232 g/mol. The molecule has 0 bridgehead atoms. The van der Waals surface area contributed by atoms with Crippen molar-refractivity contribution in [3.63, 3.8) is 0 Å². The van der Waals surface area contributed by atoms with Crippen molar-refractivity contribution in [2.75, 3.05) is 13.1 Å². The Kier molecular flexibility index (Phi) is 12.1. The van der Waals surface area contributed by atoms with Crippen molar-refractivity contribution >= 4 is 6.47 Å².